The molecule has 7 nitrogen and oxygen atoms in total. The third-order valence-corrected chi connectivity index (χ3v) is 2.74. The molecule has 7 heteroatoms. The Morgan fingerprint density at radius 2 is 2.32 bits per heavy atom. The molecule has 0 aliphatic heterocycles. The topological polar surface area (TPSA) is 98.3 Å². The molecule has 2 aromatic rings. The van der Waals surface area contributed by atoms with E-state index in [2.05, 4.69) is 15.1 Å². The summed E-state index contributed by atoms with van der Waals surface area (Å²) in [6.45, 7) is 0.147. The number of hydrogen-bond acceptors (Lipinski definition) is 6. The molecule has 0 unspecified atom stereocenters. The van der Waals surface area contributed by atoms with Gasteiger partial charge in [-0.15, -0.1) is 0 Å². The summed E-state index contributed by atoms with van der Waals surface area (Å²) >= 11 is 0. The lowest BCUT2D eigenvalue weighted by atomic mass is 10.3. The molecule has 0 radical (unpaired) electrons. The molecule has 1 aliphatic rings. The number of ether oxygens (including phenoxy) is 1. The van der Waals surface area contributed by atoms with Crippen molar-refractivity contribution in [2.45, 2.75) is 25.4 Å². The molecule has 0 saturated heterocycles. The summed E-state index contributed by atoms with van der Waals surface area (Å²) in [4.78, 5) is 18.6. The first-order valence-corrected chi connectivity index (χ1v) is 5.87. The van der Waals surface area contributed by atoms with Gasteiger partial charge in [-0.3, -0.25) is 0 Å². The molecule has 1 fully saturated rings. The minimum Gasteiger partial charge on any atom is -0.482 e. The van der Waals surface area contributed by atoms with E-state index in [0.717, 1.165) is 18.7 Å². The smallest absolute Gasteiger partial charge is 0.354 e. The van der Waals surface area contributed by atoms with Gasteiger partial charge in [-0.1, -0.05) is 5.16 Å². The third kappa shape index (κ3) is 2.70. The van der Waals surface area contributed by atoms with E-state index in [1.165, 1.54) is 18.3 Å². The van der Waals surface area contributed by atoms with E-state index in [-0.39, 0.29) is 12.3 Å². The fourth-order valence-corrected chi connectivity index (χ4v) is 1.57. The zero-order valence-corrected chi connectivity index (χ0v) is 9.94. The number of carboxylic acid groups (broad SMARTS) is 1. The molecule has 3 rings (SSSR count). The molecule has 98 valence electrons. The van der Waals surface area contributed by atoms with Crippen LogP contribution >= 0.6 is 0 Å². The van der Waals surface area contributed by atoms with Crippen LogP contribution in [0.1, 0.15) is 41.0 Å². The lowest BCUT2D eigenvalue weighted by Crippen LogP contribution is -2.01. The molecule has 0 atom stereocenters. The summed E-state index contributed by atoms with van der Waals surface area (Å²) in [5.74, 6) is 0.963. The van der Waals surface area contributed by atoms with Gasteiger partial charge in [-0.25, -0.2) is 9.78 Å². The van der Waals surface area contributed by atoms with Crippen molar-refractivity contribution in [1.82, 2.24) is 15.1 Å². The van der Waals surface area contributed by atoms with Crippen LogP contribution in [0.5, 0.6) is 5.75 Å². The molecule has 2 heterocycles. The van der Waals surface area contributed by atoms with Crippen LogP contribution in [0.15, 0.2) is 22.9 Å². The molecule has 0 aromatic carbocycles. The normalized spacial score (nSPS) is 14.3. The highest BCUT2D eigenvalue weighted by molar-refractivity contribution is 5.85. The van der Waals surface area contributed by atoms with Gasteiger partial charge in [0.25, 0.3) is 5.89 Å². The molecule has 1 N–H and O–H groups in total. The Bertz CT molecular complexity index is 589. The van der Waals surface area contributed by atoms with Crippen LogP contribution in [0.2, 0.25) is 0 Å². The van der Waals surface area contributed by atoms with E-state index in [4.69, 9.17) is 14.4 Å². The maximum absolute atomic E-state index is 10.6. The molecule has 2 aromatic heterocycles. The van der Waals surface area contributed by atoms with Gasteiger partial charge in [0.15, 0.2) is 12.4 Å². The van der Waals surface area contributed by atoms with Gasteiger partial charge in [0.2, 0.25) is 0 Å². The van der Waals surface area contributed by atoms with E-state index in [1.54, 1.807) is 0 Å². The molecule has 1 saturated carbocycles. The second-order valence-corrected chi connectivity index (χ2v) is 4.29. The largest absolute Gasteiger partial charge is 0.482 e. The van der Waals surface area contributed by atoms with Gasteiger partial charge in [-0.2, -0.15) is 4.98 Å². The average molecular weight is 261 g/mol. The highest BCUT2D eigenvalue weighted by Gasteiger charge is 2.28. The molecular weight excluding hydrogens is 250 g/mol. The van der Waals surface area contributed by atoms with Crippen molar-refractivity contribution < 1.29 is 19.2 Å². The van der Waals surface area contributed by atoms with Crippen molar-refractivity contribution in [3.05, 3.63) is 35.7 Å². The number of rotatable bonds is 5. The predicted molar refractivity (Wildman–Crippen MR) is 61.8 cm³/mol. The van der Waals surface area contributed by atoms with Crippen LogP contribution in [0, 0.1) is 0 Å². The minimum atomic E-state index is -1.07. The average Bonchev–Trinajstić information content (AvgIpc) is 3.16. The predicted octanol–water partition coefficient (Wildman–Crippen LogP) is 1.62. The molecule has 19 heavy (non-hydrogen) atoms. The van der Waals surface area contributed by atoms with E-state index in [0.29, 0.717) is 17.6 Å². The standard InChI is InChI=1S/C12H11N3O4/c16-12(17)9-4-3-8(5-13-9)18-6-10-14-11(15-19-10)7-1-2-7/h3-5,7H,1-2,6H2,(H,16,17). The molecule has 1 aliphatic carbocycles. The molecular formula is C12H11N3O4. The van der Waals surface area contributed by atoms with Crippen molar-refractivity contribution in [3.8, 4) is 5.75 Å². The zero-order chi connectivity index (χ0) is 13.2. The van der Waals surface area contributed by atoms with E-state index in [9.17, 15) is 4.79 Å². The van der Waals surface area contributed by atoms with Crippen molar-refractivity contribution in [2.75, 3.05) is 0 Å². The van der Waals surface area contributed by atoms with E-state index < -0.39 is 5.97 Å². The SMILES string of the molecule is O=C(O)c1ccc(OCc2nc(C3CC3)no2)cn1. The van der Waals surface area contributed by atoms with Crippen LogP contribution in [-0.2, 0) is 6.61 Å². The van der Waals surface area contributed by atoms with Crippen LogP contribution in [-0.4, -0.2) is 26.2 Å². The summed E-state index contributed by atoms with van der Waals surface area (Å²) < 4.78 is 10.4. The molecule has 0 spiro atoms. The number of hydrogen-bond donors (Lipinski definition) is 1. The van der Waals surface area contributed by atoms with Crippen molar-refractivity contribution in [1.29, 1.82) is 0 Å². The molecule has 0 amide bonds. The van der Waals surface area contributed by atoms with Crippen molar-refractivity contribution in [2.24, 2.45) is 0 Å². The van der Waals surface area contributed by atoms with Crippen LogP contribution in [0.3, 0.4) is 0 Å². The second kappa shape index (κ2) is 4.68. The number of carboxylic acids is 1. The quantitative estimate of drug-likeness (QED) is 0.872. The number of carbonyl (C=O) groups is 1. The van der Waals surface area contributed by atoms with Gasteiger partial charge >= 0.3 is 5.97 Å². The van der Waals surface area contributed by atoms with Crippen molar-refractivity contribution >= 4 is 5.97 Å². The lowest BCUT2D eigenvalue weighted by molar-refractivity contribution is 0.0690. The first kappa shape index (κ1) is 11.6. The number of aromatic nitrogens is 3. The fraction of sp³-hybridized carbons (Fsp3) is 0.333. The van der Waals surface area contributed by atoms with E-state index in [1.807, 2.05) is 0 Å². The minimum absolute atomic E-state index is 0.0267. The Kier molecular flexibility index (Phi) is 2.86. The number of nitrogens with zero attached hydrogens (tertiary/aromatic N) is 3. The Balaban J connectivity index is 1.59. The van der Waals surface area contributed by atoms with Gasteiger partial charge in [0.1, 0.15) is 11.4 Å². The van der Waals surface area contributed by atoms with Crippen molar-refractivity contribution in [3.63, 3.8) is 0 Å². The van der Waals surface area contributed by atoms with Gasteiger partial charge < -0.3 is 14.4 Å². The lowest BCUT2D eigenvalue weighted by Gasteiger charge is -2.02. The second-order valence-electron chi connectivity index (χ2n) is 4.29. The first-order chi connectivity index (χ1) is 9.22. The van der Waals surface area contributed by atoms with E-state index >= 15 is 0 Å². The van der Waals surface area contributed by atoms with Gasteiger partial charge in [0.05, 0.1) is 6.20 Å². The van der Waals surface area contributed by atoms with Crippen LogP contribution in [0.4, 0.5) is 0 Å². The summed E-state index contributed by atoms with van der Waals surface area (Å²) in [5.41, 5.74) is -0.0267. The maximum Gasteiger partial charge on any atom is 0.354 e. The first-order valence-electron chi connectivity index (χ1n) is 5.87. The van der Waals surface area contributed by atoms with Gasteiger partial charge in [0, 0.05) is 5.92 Å². The Hall–Kier alpha value is -2.44. The molecule has 0 bridgehead atoms. The summed E-state index contributed by atoms with van der Waals surface area (Å²) in [7, 11) is 0. The van der Waals surface area contributed by atoms with Crippen LogP contribution < -0.4 is 4.74 Å². The Morgan fingerprint density at radius 1 is 1.47 bits per heavy atom. The van der Waals surface area contributed by atoms with Gasteiger partial charge in [-0.05, 0) is 25.0 Å². The summed E-state index contributed by atoms with van der Waals surface area (Å²) in [5, 5.41) is 12.6. The Morgan fingerprint density at radius 3 is 2.95 bits per heavy atom. The summed E-state index contributed by atoms with van der Waals surface area (Å²) in [6.07, 6.45) is 3.57. The number of aromatic carboxylic acids is 1. The Labute approximate surface area is 108 Å². The third-order valence-electron chi connectivity index (χ3n) is 2.74. The highest BCUT2D eigenvalue weighted by atomic mass is 16.5. The number of pyridine rings is 1. The highest BCUT2D eigenvalue weighted by Crippen LogP contribution is 2.38. The monoisotopic (exact) mass is 261 g/mol. The summed E-state index contributed by atoms with van der Waals surface area (Å²) in [6, 6.07) is 2.91. The van der Waals surface area contributed by atoms with Crippen LogP contribution in [0.25, 0.3) is 0 Å². The maximum atomic E-state index is 10.6. The fourth-order valence-electron chi connectivity index (χ4n) is 1.57. The zero-order valence-electron chi connectivity index (χ0n) is 9.94.